The third kappa shape index (κ3) is 3.20. The summed E-state index contributed by atoms with van der Waals surface area (Å²) in [5.74, 6) is 0. The van der Waals surface area contributed by atoms with Gasteiger partial charge in [-0.1, -0.05) is 0 Å². The number of nitrogens with zero attached hydrogens (tertiary/aromatic N) is 1. The van der Waals surface area contributed by atoms with Crippen LogP contribution in [0.5, 0.6) is 0 Å². The van der Waals surface area contributed by atoms with Crippen molar-refractivity contribution in [3.05, 3.63) is 0 Å². The molecule has 2 unspecified atom stereocenters. The zero-order chi connectivity index (χ0) is 14.1. The van der Waals surface area contributed by atoms with Crippen molar-refractivity contribution in [1.29, 1.82) is 0 Å². The molecule has 0 radical (unpaired) electrons. The van der Waals surface area contributed by atoms with Crippen molar-refractivity contribution in [2.24, 2.45) is 5.41 Å². The molecule has 2 aliphatic rings. The molecule has 0 aromatic heterocycles. The minimum Gasteiger partial charge on any atom is -0.444 e. The van der Waals surface area contributed by atoms with Gasteiger partial charge in [0.2, 0.25) is 0 Å². The number of likely N-dealkylation sites (tertiary alicyclic amines) is 1. The summed E-state index contributed by atoms with van der Waals surface area (Å²) >= 11 is 0. The van der Waals surface area contributed by atoms with E-state index >= 15 is 0 Å². The van der Waals surface area contributed by atoms with Gasteiger partial charge >= 0.3 is 6.09 Å². The summed E-state index contributed by atoms with van der Waals surface area (Å²) in [6, 6.07) is 0. The van der Waals surface area contributed by atoms with E-state index in [0.717, 1.165) is 39.0 Å². The van der Waals surface area contributed by atoms with E-state index < -0.39 is 5.60 Å². The van der Waals surface area contributed by atoms with Gasteiger partial charge in [-0.05, 0) is 40.2 Å². The maximum Gasteiger partial charge on any atom is 0.410 e. The molecule has 2 saturated heterocycles. The number of hydrogen-bond acceptors (Lipinski definition) is 4. The molecule has 2 heterocycles. The highest BCUT2D eigenvalue weighted by Gasteiger charge is 2.47. The van der Waals surface area contributed by atoms with Crippen molar-refractivity contribution in [2.45, 2.75) is 45.3 Å². The van der Waals surface area contributed by atoms with Gasteiger partial charge < -0.3 is 19.7 Å². The lowest BCUT2D eigenvalue weighted by Crippen LogP contribution is -2.55. The molecule has 0 aromatic rings. The molecule has 2 rings (SSSR count). The van der Waals surface area contributed by atoms with Crippen LogP contribution in [0.15, 0.2) is 0 Å². The lowest BCUT2D eigenvalue weighted by molar-refractivity contribution is -0.0643. The average molecular weight is 270 g/mol. The Morgan fingerprint density at radius 2 is 2.16 bits per heavy atom. The Bertz CT molecular complexity index is 332. The number of methoxy groups -OCH3 is 1. The highest BCUT2D eigenvalue weighted by atomic mass is 16.6. The summed E-state index contributed by atoms with van der Waals surface area (Å²) in [6.07, 6.45) is 1.98. The van der Waals surface area contributed by atoms with Gasteiger partial charge in [-0.25, -0.2) is 4.79 Å². The van der Waals surface area contributed by atoms with E-state index in [9.17, 15) is 4.79 Å². The second-order valence-electron chi connectivity index (χ2n) is 6.70. The first-order valence-electron chi connectivity index (χ1n) is 7.08. The molecule has 0 aromatic carbocycles. The predicted molar refractivity (Wildman–Crippen MR) is 73.1 cm³/mol. The van der Waals surface area contributed by atoms with Crippen LogP contribution in [0.25, 0.3) is 0 Å². The minimum absolute atomic E-state index is 0.0594. The van der Waals surface area contributed by atoms with Crippen LogP contribution >= 0.6 is 0 Å². The normalized spacial score (nSPS) is 31.8. The first-order valence-corrected chi connectivity index (χ1v) is 7.08. The van der Waals surface area contributed by atoms with Crippen molar-refractivity contribution >= 4 is 6.09 Å². The smallest absolute Gasteiger partial charge is 0.410 e. The van der Waals surface area contributed by atoms with E-state index in [1.54, 1.807) is 7.11 Å². The summed E-state index contributed by atoms with van der Waals surface area (Å²) in [5, 5.41) is 3.40. The van der Waals surface area contributed by atoms with Gasteiger partial charge in [0.05, 0.1) is 6.10 Å². The van der Waals surface area contributed by atoms with Gasteiger partial charge in [0.15, 0.2) is 0 Å². The van der Waals surface area contributed by atoms with Gasteiger partial charge in [-0.2, -0.15) is 0 Å². The van der Waals surface area contributed by atoms with E-state index in [-0.39, 0.29) is 17.6 Å². The van der Waals surface area contributed by atoms with E-state index in [0.29, 0.717) is 0 Å². The molecule has 5 nitrogen and oxygen atoms in total. The van der Waals surface area contributed by atoms with Crippen molar-refractivity contribution in [3.63, 3.8) is 0 Å². The third-order valence-electron chi connectivity index (χ3n) is 4.06. The fourth-order valence-electron chi connectivity index (χ4n) is 3.16. The molecule has 1 spiro atoms. The highest BCUT2D eigenvalue weighted by Crippen LogP contribution is 2.37. The van der Waals surface area contributed by atoms with Crippen LogP contribution in [-0.2, 0) is 9.47 Å². The second-order valence-corrected chi connectivity index (χ2v) is 6.70. The molecule has 19 heavy (non-hydrogen) atoms. The van der Waals surface area contributed by atoms with E-state index in [1.165, 1.54) is 0 Å². The first kappa shape index (κ1) is 14.6. The van der Waals surface area contributed by atoms with E-state index in [2.05, 4.69) is 5.32 Å². The van der Waals surface area contributed by atoms with E-state index in [4.69, 9.17) is 9.47 Å². The van der Waals surface area contributed by atoms with Gasteiger partial charge in [0, 0.05) is 32.2 Å². The predicted octanol–water partition coefficient (Wildman–Crippen LogP) is 1.62. The Morgan fingerprint density at radius 1 is 1.42 bits per heavy atom. The Balaban J connectivity index is 2.04. The monoisotopic (exact) mass is 270 g/mol. The largest absolute Gasteiger partial charge is 0.444 e. The molecule has 0 aliphatic carbocycles. The zero-order valence-electron chi connectivity index (χ0n) is 12.5. The summed E-state index contributed by atoms with van der Waals surface area (Å²) in [4.78, 5) is 14.0. The number of amides is 1. The van der Waals surface area contributed by atoms with Crippen LogP contribution < -0.4 is 5.32 Å². The van der Waals surface area contributed by atoms with Gasteiger partial charge in [-0.15, -0.1) is 0 Å². The standard InChI is InChI=1S/C14H26N2O3/c1-13(2,3)19-12(17)16-8-5-11(18-4)14(10-16)6-7-15-9-14/h11,15H,5-10H2,1-4H3. The number of carbonyl (C=O) groups excluding carboxylic acids is 1. The Morgan fingerprint density at radius 3 is 2.68 bits per heavy atom. The molecule has 5 heteroatoms. The highest BCUT2D eigenvalue weighted by molar-refractivity contribution is 5.68. The maximum absolute atomic E-state index is 12.2. The zero-order valence-corrected chi connectivity index (χ0v) is 12.5. The topological polar surface area (TPSA) is 50.8 Å². The Hall–Kier alpha value is -0.810. The van der Waals surface area contributed by atoms with E-state index in [1.807, 2.05) is 25.7 Å². The van der Waals surface area contributed by atoms with Crippen LogP contribution in [0.1, 0.15) is 33.6 Å². The van der Waals surface area contributed by atoms with Crippen LogP contribution in [0.3, 0.4) is 0 Å². The van der Waals surface area contributed by atoms with Crippen molar-refractivity contribution in [3.8, 4) is 0 Å². The number of piperidine rings is 1. The Labute approximate surface area is 115 Å². The first-order chi connectivity index (χ1) is 8.86. The van der Waals surface area contributed by atoms with Gasteiger partial charge in [-0.3, -0.25) is 0 Å². The molecule has 0 bridgehead atoms. The summed E-state index contributed by atoms with van der Waals surface area (Å²) < 4.78 is 11.1. The summed E-state index contributed by atoms with van der Waals surface area (Å²) in [6.45, 7) is 9.08. The molecular weight excluding hydrogens is 244 g/mol. The van der Waals surface area contributed by atoms with Crippen LogP contribution in [-0.4, -0.2) is 56.0 Å². The van der Waals surface area contributed by atoms with Crippen molar-refractivity contribution in [1.82, 2.24) is 10.2 Å². The second kappa shape index (κ2) is 5.29. The molecule has 2 atom stereocenters. The van der Waals surface area contributed by atoms with Gasteiger partial charge in [0.1, 0.15) is 5.60 Å². The molecule has 0 saturated carbocycles. The molecule has 2 fully saturated rings. The molecular formula is C14H26N2O3. The summed E-state index contributed by atoms with van der Waals surface area (Å²) in [5.41, 5.74) is -0.375. The van der Waals surface area contributed by atoms with Crippen LogP contribution in [0.4, 0.5) is 4.79 Å². The van der Waals surface area contributed by atoms with Gasteiger partial charge in [0.25, 0.3) is 0 Å². The number of hydrogen-bond donors (Lipinski definition) is 1. The SMILES string of the molecule is COC1CCN(C(=O)OC(C)(C)C)CC12CCNC2. The fourth-order valence-corrected chi connectivity index (χ4v) is 3.16. The summed E-state index contributed by atoms with van der Waals surface area (Å²) in [7, 11) is 1.77. The maximum atomic E-state index is 12.2. The van der Waals surface area contributed by atoms with Crippen LogP contribution in [0, 0.1) is 5.41 Å². The minimum atomic E-state index is -0.434. The fraction of sp³-hybridized carbons (Fsp3) is 0.929. The number of carbonyl (C=O) groups is 1. The molecule has 2 aliphatic heterocycles. The Kier molecular flexibility index (Phi) is 4.06. The lowest BCUT2D eigenvalue weighted by atomic mass is 9.76. The van der Waals surface area contributed by atoms with Crippen molar-refractivity contribution < 1.29 is 14.3 Å². The molecule has 1 N–H and O–H groups in total. The van der Waals surface area contributed by atoms with Crippen molar-refractivity contribution in [2.75, 3.05) is 33.3 Å². The molecule has 1 amide bonds. The quantitative estimate of drug-likeness (QED) is 0.786. The number of rotatable bonds is 1. The lowest BCUT2D eigenvalue weighted by Gasteiger charge is -2.45. The number of nitrogens with one attached hydrogen (secondary N) is 1. The van der Waals surface area contributed by atoms with Crippen LogP contribution in [0.2, 0.25) is 0 Å². The third-order valence-corrected chi connectivity index (χ3v) is 4.06. The average Bonchev–Trinajstić information content (AvgIpc) is 2.76. The number of ether oxygens (including phenoxy) is 2. The molecule has 110 valence electrons.